The van der Waals surface area contributed by atoms with E-state index in [1.165, 1.54) is 0 Å². The Balaban J connectivity index is 2.92. The molecule has 0 radical (unpaired) electrons. The van der Waals surface area contributed by atoms with E-state index in [1.54, 1.807) is 19.9 Å². The molecule has 0 spiro atoms. The Bertz CT molecular complexity index is 441. The van der Waals surface area contributed by atoms with Crippen LogP contribution in [0.1, 0.15) is 47.0 Å². The summed E-state index contributed by atoms with van der Waals surface area (Å²) in [6, 6.07) is 0. The van der Waals surface area contributed by atoms with Gasteiger partial charge in [0.05, 0.1) is 12.4 Å². The third kappa shape index (κ3) is 3.94. The van der Waals surface area contributed by atoms with Gasteiger partial charge in [-0.15, -0.1) is 0 Å². The van der Waals surface area contributed by atoms with E-state index in [9.17, 15) is 14.7 Å². The lowest BCUT2D eigenvalue weighted by Crippen LogP contribution is -2.26. The fourth-order valence-corrected chi connectivity index (χ4v) is 2.23. The summed E-state index contributed by atoms with van der Waals surface area (Å²) in [6.45, 7) is 7.64. The fraction of sp³-hybridized carbons (Fsp3) is 0.600. The smallest absolute Gasteiger partial charge is 0.333 e. The molecular formula is C15H22O4. The molecule has 0 saturated heterocycles. The van der Waals surface area contributed by atoms with E-state index in [-0.39, 0.29) is 23.4 Å². The number of Topliss-reactive ketones (excluding diaryl/α,β-unsaturated/α-hetero) is 1. The molecule has 0 bridgehead atoms. The molecule has 0 fully saturated rings. The standard InChI is InChI=1S/C15H22O4/c1-5-10(14(18)19-6-2)7-11-12(16)8-15(3,4)9-13(11)17/h5,16H,6-9H2,1-4H3/b10-5+. The van der Waals surface area contributed by atoms with Crippen molar-refractivity contribution in [2.75, 3.05) is 6.61 Å². The van der Waals surface area contributed by atoms with Crippen LogP contribution in [0.4, 0.5) is 0 Å². The zero-order valence-corrected chi connectivity index (χ0v) is 12.1. The highest BCUT2D eigenvalue weighted by molar-refractivity contribution is 6.00. The first-order chi connectivity index (χ1) is 8.80. The maximum Gasteiger partial charge on any atom is 0.333 e. The summed E-state index contributed by atoms with van der Waals surface area (Å²) in [5.41, 5.74) is 0.543. The fourth-order valence-electron chi connectivity index (χ4n) is 2.23. The van der Waals surface area contributed by atoms with Crippen LogP contribution in [0.5, 0.6) is 0 Å². The predicted molar refractivity (Wildman–Crippen MR) is 72.7 cm³/mol. The van der Waals surface area contributed by atoms with Crippen LogP contribution in [0.25, 0.3) is 0 Å². The molecule has 1 aliphatic carbocycles. The lowest BCUT2D eigenvalue weighted by atomic mass is 9.75. The normalized spacial score (nSPS) is 19.6. The lowest BCUT2D eigenvalue weighted by molar-refractivity contribution is -0.138. The second-order valence-corrected chi connectivity index (χ2v) is 5.58. The van der Waals surface area contributed by atoms with Crippen LogP contribution in [0, 0.1) is 5.41 Å². The summed E-state index contributed by atoms with van der Waals surface area (Å²) in [5, 5.41) is 10.0. The van der Waals surface area contributed by atoms with Crippen LogP contribution < -0.4 is 0 Å². The third-order valence-corrected chi connectivity index (χ3v) is 3.22. The molecule has 106 valence electrons. The number of aliphatic hydroxyl groups is 1. The maximum absolute atomic E-state index is 12.1. The number of carbonyl (C=O) groups is 2. The number of ether oxygens (including phenoxy) is 1. The third-order valence-electron chi connectivity index (χ3n) is 3.22. The van der Waals surface area contributed by atoms with Gasteiger partial charge in [-0.05, 0) is 19.3 Å². The van der Waals surface area contributed by atoms with Crippen molar-refractivity contribution >= 4 is 11.8 Å². The molecule has 1 aliphatic rings. The van der Waals surface area contributed by atoms with Crippen molar-refractivity contribution in [1.29, 1.82) is 0 Å². The topological polar surface area (TPSA) is 63.6 Å². The number of hydrogen-bond acceptors (Lipinski definition) is 4. The Hall–Kier alpha value is -1.58. The predicted octanol–water partition coefficient (Wildman–Crippen LogP) is 3.09. The summed E-state index contributed by atoms with van der Waals surface area (Å²) in [7, 11) is 0. The number of allylic oxidation sites excluding steroid dienone is 3. The van der Waals surface area contributed by atoms with E-state index in [1.807, 2.05) is 13.8 Å². The average molecular weight is 266 g/mol. The van der Waals surface area contributed by atoms with Crippen molar-refractivity contribution in [1.82, 2.24) is 0 Å². The summed E-state index contributed by atoms with van der Waals surface area (Å²) in [5.74, 6) is -0.412. The number of aliphatic hydroxyl groups excluding tert-OH is 1. The molecule has 19 heavy (non-hydrogen) atoms. The van der Waals surface area contributed by atoms with E-state index in [0.29, 0.717) is 30.6 Å². The SMILES string of the molecule is C/C=C(\CC1=C(O)CC(C)(C)CC1=O)C(=O)OCC. The minimum Gasteiger partial charge on any atom is -0.512 e. The minimum absolute atomic E-state index is 0.0857. The summed E-state index contributed by atoms with van der Waals surface area (Å²) < 4.78 is 4.93. The summed E-state index contributed by atoms with van der Waals surface area (Å²) in [6.07, 6.45) is 2.64. The van der Waals surface area contributed by atoms with Crippen LogP contribution in [0.15, 0.2) is 23.0 Å². The Morgan fingerprint density at radius 3 is 2.53 bits per heavy atom. The molecule has 0 heterocycles. The second-order valence-electron chi connectivity index (χ2n) is 5.58. The Morgan fingerprint density at radius 1 is 1.42 bits per heavy atom. The molecule has 0 aromatic heterocycles. The van der Waals surface area contributed by atoms with Gasteiger partial charge < -0.3 is 9.84 Å². The molecule has 0 aromatic carbocycles. The first-order valence-electron chi connectivity index (χ1n) is 6.57. The van der Waals surface area contributed by atoms with Gasteiger partial charge in [0.1, 0.15) is 0 Å². The number of carbonyl (C=O) groups excluding carboxylic acids is 2. The Labute approximate surface area is 114 Å². The molecule has 0 amide bonds. The van der Waals surface area contributed by atoms with Crippen LogP contribution in [0.2, 0.25) is 0 Å². The molecule has 1 N–H and O–H groups in total. The van der Waals surface area contributed by atoms with Gasteiger partial charge in [0, 0.05) is 30.4 Å². The van der Waals surface area contributed by atoms with Gasteiger partial charge in [-0.25, -0.2) is 4.79 Å². The van der Waals surface area contributed by atoms with Gasteiger partial charge in [0.2, 0.25) is 0 Å². The van der Waals surface area contributed by atoms with Crippen LogP contribution in [-0.2, 0) is 14.3 Å². The highest BCUT2D eigenvalue weighted by atomic mass is 16.5. The quantitative estimate of drug-likeness (QED) is 0.627. The molecule has 0 aliphatic heterocycles. The van der Waals surface area contributed by atoms with Crippen molar-refractivity contribution in [2.24, 2.45) is 5.41 Å². The summed E-state index contributed by atoms with van der Waals surface area (Å²) >= 11 is 0. The summed E-state index contributed by atoms with van der Waals surface area (Å²) in [4.78, 5) is 23.7. The maximum atomic E-state index is 12.1. The van der Waals surface area contributed by atoms with E-state index in [0.717, 1.165) is 0 Å². The molecule has 0 unspecified atom stereocenters. The number of esters is 1. The first kappa shape index (κ1) is 15.5. The molecule has 0 aromatic rings. The molecule has 4 heteroatoms. The Kier molecular flexibility index (Phi) is 4.92. The highest BCUT2D eigenvalue weighted by Gasteiger charge is 2.33. The highest BCUT2D eigenvalue weighted by Crippen LogP contribution is 2.37. The van der Waals surface area contributed by atoms with Gasteiger partial charge in [0.15, 0.2) is 5.78 Å². The number of rotatable bonds is 4. The van der Waals surface area contributed by atoms with Crippen LogP contribution >= 0.6 is 0 Å². The number of ketones is 1. The van der Waals surface area contributed by atoms with Crippen LogP contribution in [-0.4, -0.2) is 23.5 Å². The van der Waals surface area contributed by atoms with Gasteiger partial charge in [-0.1, -0.05) is 19.9 Å². The monoisotopic (exact) mass is 266 g/mol. The van der Waals surface area contributed by atoms with Crippen molar-refractivity contribution in [2.45, 2.75) is 47.0 Å². The Morgan fingerprint density at radius 2 is 2.05 bits per heavy atom. The second kappa shape index (κ2) is 6.04. The van der Waals surface area contributed by atoms with Gasteiger partial charge in [0.25, 0.3) is 0 Å². The van der Waals surface area contributed by atoms with E-state index in [4.69, 9.17) is 4.74 Å². The largest absolute Gasteiger partial charge is 0.512 e. The molecule has 0 atom stereocenters. The van der Waals surface area contributed by atoms with Gasteiger partial charge >= 0.3 is 5.97 Å². The lowest BCUT2D eigenvalue weighted by Gasteiger charge is -2.29. The van der Waals surface area contributed by atoms with Gasteiger partial charge in [-0.3, -0.25) is 4.79 Å². The molecule has 1 rings (SSSR count). The average Bonchev–Trinajstić information content (AvgIpc) is 2.27. The van der Waals surface area contributed by atoms with Crippen molar-refractivity contribution < 1.29 is 19.4 Å². The zero-order valence-electron chi connectivity index (χ0n) is 12.1. The van der Waals surface area contributed by atoms with E-state index in [2.05, 4.69) is 0 Å². The molecule has 0 saturated carbocycles. The van der Waals surface area contributed by atoms with Crippen molar-refractivity contribution in [3.8, 4) is 0 Å². The van der Waals surface area contributed by atoms with Gasteiger partial charge in [-0.2, -0.15) is 0 Å². The van der Waals surface area contributed by atoms with Crippen molar-refractivity contribution in [3.63, 3.8) is 0 Å². The zero-order chi connectivity index (χ0) is 14.6. The minimum atomic E-state index is -0.428. The molecule has 4 nitrogen and oxygen atoms in total. The number of hydrogen-bond donors (Lipinski definition) is 1. The van der Waals surface area contributed by atoms with E-state index < -0.39 is 5.97 Å². The van der Waals surface area contributed by atoms with Crippen molar-refractivity contribution in [3.05, 3.63) is 23.0 Å². The molecular weight excluding hydrogens is 244 g/mol. The van der Waals surface area contributed by atoms with E-state index >= 15 is 0 Å². The first-order valence-corrected chi connectivity index (χ1v) is 6.57. The van der Waals surface area contributed by atoms with Crippen LogP contribution in [0.3, 0.4) is 0 Å².